The molecule has 0 amide bonds. The monoisotopic (exact) mass is 188 g/mol. The van der Waals surface area contributed by atoms with Crippen molar-refractivity contribution < 1.29 is 32.7 Å². The SMILES string of the molecule is [CH2-]N([CH2-])C(C)(C)C.[Y]. The van der Waals surface area contributed by atoms with Gasteiger partial charge in [0, 0.05) is 32.7 Å². The Balaban J connectivity index is 0. The van der Waals surface area contributed by atoms with E-state index in [-0.39, 0.29) is 38.2 Å². The smallest absolute Gasteiger partial charge is 0 e. The molecular weight excluding hydrogens is 175 g/mol. The van der Waals surface area contributed by atoms with Gasteiger partial charge in [-0.25, -0.2) is 0 Å². The number of nitrogens with zero attached hydrogens (tertiary/aromatic N) is 1. The van der Waals surface area contributed by atoms with Gasteiger partial charge < -0.3 is 19.0 Å². The summed E-state index contributed by atoms with van der Waals surface area (Å²) in [5, 5.41) is 0. The van der Waals surface area contributed by atoms with Crippen molar-refractivity contribution in [2.75, 3.05) is 0 Å². The molecule has 0 aliphatic rings. The fourth-order valence-electron chi connectivity index (χ4n) is 0. The van der Waals surface area contributed by atoms with Crippen molar-refractivity contribution in [1.29, 1.82) is 0 Å². The van der Waals surface area contributed by atoms with Gasteiger partial charge in [0.1, 0.15) is 0 Å². The minimum Gasteiger partial charge on any atom is -0.606 e. The molecule has 2 heteroatoms. The van der Waals surface area contributed by atoms with E-state index in [1.807, 2.05) is 0 Å². The van der Waals surface area contributed by atoms with Crippen LogP contribution in [0.3, 0.4) is 0 Å². The minimum atomic E-state index is 0. The Kier molecular flexibility index (Phi) is 5.87. The third kappa shape index (κ3) is 5.21. The first-order chi connectivity index (χ1) is 2.94. The maximum atomic E-state index is 3.63. The van der Waals surface area contributed by atoms with Gasteiger partial charge in [-0.3, -0.25) is 0 Å². The van der Waals surface area contributed by atoms with E-state index in [9.17, 15) is 0 Å². The molecule has 0 saturated carbocycles. The number of rotatable bonds is 0. The zero-order valence-corrected chi connectivity index (χ0v) is 8.78. The fraction of sp³-hybridized carbons (Fsp3) is 0.667. The molecule has 8 heavy (non-hydrogen) atoms. The van der Waals surface area contributed by atoms with Gasteiger partial charge in [0.25, 0.3) is 0 Å². The largest absolute Gasteiger partial charge is 0.606 e. The van der Waals surface area contributed by atoms with Crippen LogP contribution < -0.4 is 0 Å². The maximum Gasteiger partial charge on any atom is 0 e. The third-order valence-corrected chi connectivity index (χ3v) is 0.949. The summed E-state index contributed by atoms with van der Waals surface area (Å²) >= 11 is 0. The Hall–Kier alpha value is 1.06. The molecule has 0 aliphatic carbocycles. The molecule has 1 nitrogen and oxygen atoms in total. The first kappa shape index (κ1) is 11.8. The molecule has 0 unspecified atom stereocenters. The molecule has 0 aromatic heterocycles. The first-order valence-electron chi connectivity index (χ1n) is 2.36. The molecule has 0 fully saturated rings. The summed E-state index contributed by atoms with van der Waals surface area (Å²) in [5.74, 6) is 0. The van der Waals surface area contributed by atoms with E-state index in [4.69, 9.17) is 0 Å². The zero-order chi connectivity index (χ0) is 6.08. The van der Waals surface area contributed by atoms with Gasteiger partial charge in [-0.2, -0.15) is 0 Å². The minimum absolute atomic E-state index is 0. The summed E-state index contributed by atoms with van der Waals surface area (Å²) in [7, 11) is 7.26. The molecule has 0 aliphatic heterocycles. The van der Waals surface area contributed by atoms with Crippen LogP contribution in [-0.4, -0.2) is 10.4 Å². The van der Waals surface area contributed by atoms with Gasteiger partial charge >= 0.3 is 0 Å². The Bertz CT molecular complexity index is 54.0. The predicted octanol–water partition coefficient (Wildman–Crippen LogP) is 1.67. The van der Waals surface area contributed by atoms with Crippen LogP contribution in [0.5, 0.6) is 0 Å². The van der Waals surface area contributed by atoms with Crippen LogP contribution in [0.25, 0.3) is 0 Å². The van der Waals surface area contributed by atoms with E-state index in [0.29, 0.717) is 0 Å². The van der Waals surface area contributed by atoms with Crippen LogP contribution in [0.15, 0.2) is 0 Å². The second-order valence-electron chi connectivity index (χ2n) is 2.71. The first-order valence-corrected chi connectivity index (χ1v) is 2.36. The molecule has 0 saturated heterocycles. The quantitative estimate of drug-likeness (QED) is 0.522. The van der Waals surface area contributed by atoms with E-state index < -0.39 is 0 Å². The number of hydrogen-bond acceptors (Lipinski definition) is 1. The standard InChI is InChI=1S/C6H13N.Y/c1-6(2,3)7(4)5;/h4-5H2,1-3H3;/q-2;. The van der Waals surface area contributed by atoms with Crippen LogP contribution >= 0.6 is 0 Å². The normalized spacial score (nSPS) is 11.2. The average Bonchev–Trinajstić information content (AvgIpc) is 1.31. The van der Waals surface area contributed by atoms with E-state index in [1.54, 1.807) is 4.90 Å². The van der Waals surface area contributed by atoms with E-state index in [1.165, 1.54) is 0 Å². The van der Waals surface area contributed by atoms with E-state index >= 15 is 0 Å². The topological polar surface area (TPSA) is 3.24 Å². The number of hydrogen-bond donors (Lipinski definition) is 0. The van der Waals surface area contributed by atoms with Crippen molar-refractivity contribution in [3.8, 4) is 0 Å². The Morgan fingerprint density at radius 2 is 1.25 bits per heavy atom. The second kappa shape index (κ2) is 3.97. The van der Waals surface area contributed by atoms with E-state index in [0.717, 1.165) is 0 Å². The summed E-state index contributed by atoms with van der Waals surface area (Å²) in [4.78, 5) is 1.69. The van der Waals surface area contributed by atoms with Gasteiger partial charge in [0.2, 0.25) is 0 Å². The van der Waals surface area contributed by atoms with E-state index in [2.05, 4.69) is 34.9 Å². The molecule has 0 aromatic rings. The summed E-state index contributed by atoms with van der Waals surface area (Å²) in [6, 6.07) is 0. The molecule has 0 heterocycles. The molecule has 0 bridgehead atoms. The third-order valence-electron chi connectivity index (χ3n) is 0.949. The van der Waals surface area contributed by atoms with Gasteiger partial charge in [-0.1, -0.05) is 20.8 Å². The van der Waals surface area contributed by atoms with Crippen LogP contribution in [0.1, 0.15) is 20.8 Å². The molecule has 0 atom stereocenters. The van der Waals surface area contributed by atoms with Crippen molar-refractivity contribution in [2.45, 2.75) is 26.3 Å². The predicted molar refractivity (Wildman–Crippen MR) is 32.3 cm³/mol. The van der Waals surface area contributed by atoms with Crippen LogP contribution in [-0.2, 0) is 32.7 Å². The van der Waals surface area contributed by atoms with Gasteiger partial charge in [0.05, 0.1) is 0 Å². The summed E-state index contributed by atoms with van der Waals surface area (Å²) < 4.78 is 0. The molecular formula is C6H13NY-2. The van der Waals surface area contributed by atoms with Crippen LogP contribution in [0, 0.1) is 14.1 Å². The van der Waals surface area contributed by atoms with Crippen molar-refractivity contribution in [3.05, 3.63) is 14.1 Å². The van der Waals surface area contributed by atoms with Gasteiger partial charge in [0.15, 0.2) is 0 Å². The zero-order valence-electron chi connectivity index (χ0n) is 5.94. The summed E-state index contributed by atoms with van der Waals surface area (Å²) in [5.41, 5.74) is 0.111. The average molecular weight is 188 g/mol. The second-order valence-corrected chi connectivity index (χ2v) is 2.71. The Labute approximate surface area is 77.7 Å². The van der Waals surface area contributed by atoms with Gasteiger partial charge in [-0.05, 0) is 5.54 Å². The van der Waals surface area contributed by atoms with Crippen molar-refractivity contribution in [2.24, 2.45) is 0 Å². The fourth-order valence-corrected chi connectivity index (χ4v) is 0. The van der Waals surface area contributed by atoms with Crippen molar-refractivity contribution in [3.63, 3.8) is 0 Å². The Morgan fingerprint density at radius 3 is 1.25 bits per heavy atom. The van der Waals surface area contributed by atoms with Crippen molar-refractivity contribution in [1.82, 2.24) is 4.90 Å². The van der Waals surface area contributed by atoms with Crippen LogP contribution in [0.2, 0.25) is 0 Å². The van der Waals surface area contributed by atoms with Gasteiger partial charge in [-0.15, -0.1) is 0 Å². The van der Waals surface area contributed by atoms with Crippen LogP contribution in [0.4, 0.5) is 0 Å². The van der Waals surface area contributed by atoms with Crippen molar-refractivity contribution >= 4 is 0 Å². The Morgan fingerprint density at radius 1 is 1.12 bits per heavy atom. The molecule has 0 aromatic carbocycles. The molecule has 1 radical (unpaired) electrons. The summed E-state index contributed by atoms with van der Waals surface area (Å²) in [6.45, 7) is 6.19. The molecule has 0 N–H and O–H groups in total. The molecule has 0 rings (SSSR count). The molecule has 0 spiro atoms. The summed E-state index contributed by atoms with van der Waals surface area (Å²) in [6.07, 6.45) is 0. The maximum absolute atomic E-state index is 3.63. The molecule has 47 valence electrons.